The van der Waals surface area contributed by atoms with Crippen LogP contribution < -0.4 is 5.73 Å². The average Bonchev–Trinajstić information content (AvgIpc) is 2.15. The normalized spacial score (nSPS) is 10.1. The number of nitrogens with two attached hydrogens (primary N) is 1. The third-order valence-corrected chi connectivity index (χ3v) is 3.04. The van der Waals surface area contributed by atoms with Crippen molar-refractivity contribution in [2.75, 3.05) is 5.75 Å². The van der Waals surface area contributed by atoms with Gasteiger partial charge in [0.1, 0.15) is 0 Å². The van der Waals surface area contributed by atoms with Crippen molar-refractivity contribution in [1.29, 1.82) is 5.41 Å². The minimum atomic E-state index is 0.280. The van der Waals surface area contributed by atoms with Gasteiger partial charge >= 0.3 is 0 Å². The van der Waals surface area contributed by atoms with Gasteiger partial charge in [0, 0.05) is 17.9 Å². The number of benzene rings is 1. The SMILES string of the molecule is Cc1ccccc1CSCCC(=N)N. The Labute approximate surface area is 89.4 Å². The maximum atomic E-state index is 7.08. The molecule has 1 rings (SSSR count). The fraction of sp³-hybridized carbons (Fsp3) is 0.364. The van der Waals surface area contributed by atoms with Crippen LogP contribution in [-0.2, 0) is 5.75 Å². The van der Waals surface area contributed by atoms with Crippen LogP contribution >= 0.6 is 11.8 Å². The van der Waals surface area contributed by atoms with E-state index in [0.29, 0.717) is 6.42 Å². The Balaban J connectivity index is 2.31. The molecule has 0 atom stereocenters. The molecule has 76 valence electrons. The lowest BCUT2D eigenvalue weighted by atomic mass is 10.1. The van der Waals surface area contributed by atoms with Crippen molar-refractivity contribution in [1.82, 2.24) is 0 Å². The van der Waals surface area contributed by atoms with E-state index in [1.165, 1.54) is 11.1 Å². The summed E-state index contributed by atoms with van der Waals surface area (Å²) in [5.74, 6) is 2.23. The van der Waals surface area contributed by atoms with E-state index in [0.717, 1.165) is 11.5 Å². The molecular formula is C11H16N2S. The minimum Gasteiger partial charge on any atom is -0.388 e. The molecule has 0 radical (unpaired) electrons. The van der Waals surface area contributed by atoms with Crippen molar-refractivity contribution < 1.29 is 0 Å². The summed E-state index contributed by atoms with van der Waals surface area (Å²) < 4.78 is 0. The molecule has 0 saturated carbocycles. The Bertz CT molecular complexity index is 310. The van der Waals surface area contributed by atoms with E-state index in [-0.39, 0.29) is 5.84 Å². The first-order chi connectivity index (χ1) is 6.70. The summed E-state index contributed by atoms with van der Waals surface area (Å²) in [4.78, 5) is 0. The molecule has 0 fully saturated rings. The van der Waals surface area contributed by atoms with Crippen LogP contribution in [-0.4, -0.2) is 11.6 Å². The van der Waals surface area contributed by atoms with Gasteiger partial charge in [-0.25, -0.2) is 0 Å². The summed E-state index contributed by atoms with van der Waals surface area (Å²) in [5, 5.41) is 7.08. The molecule has 1 aromatic carbocycles. The van der Waals surface area contributed by atoms with Crippen LogP contribution in [0.4, 0.5) is 0 Å². The molecule has 0 aliphatic carbocycles. The van der Waals surface area contributed by atoms with E-state index in [1.54, 1.807) is 0 Å². The van der Waals surface area contributed by atoms with Gasteiger partial charge in [-0.3, -0.25) is 5.41 Å². The van der Waals surface area contributed by atoms with Crippen molar-refractivity contribution in [3.8, 4) is 0 Å². The van der Waals surface area contributed by atoms with Crippen molar-refractivity contribution in [2.24, 2.45) is 5.73 Å². The first kappa shape index (κ1) is 11.1. The Morgan fingerprint density at radius 2 is 2.14 bits per heavy atom. The first-order valence-corrected chi connectivity index (χ1v) is 5.81. The van der Waals surface area contributed by atoms with Crippen molar-refractivity contribution in [3.05, 3.63) is 35.4 Å². The van der Waals surface area contributed by atoms with Gasteiger partial charge in [0.05, 0.1) is 5.84 Å². The molecule has 1 aromatic rings. The fourth-order valence-electron chi connectivity index (χ4n) is 1.14. The van der Waals surface area contributed by atoms with Gasteiger partial charge in [0.2, 0.25) is 0 Å². The molecule has 0 aliphatic rings. The number of aryl methyl sites for hydroxylation is 1. The Morgan fingerprint density at radius 3 is 2.79 bits per heavy atom. The third kappa shape index (κ3) is 3.83. The lowest BCUT2D eigenvalue weighted by Gasteiger charge is -2.04. The second-order valence-corrected chi connectivity index (χ2v) is 4.36. The smallest absolute Gasteiger partial charge is 0.0913 e. The highest BCUT2D eigenvalue weighted by molar-refractivity contribution is 7.98. The molecule has 0 spiro atoms. The maximum Gasteiger partial charge on any atom is 0.0913 e. The first-order valence-electron chi connectivity index (χ1n) is 4.65. The van der Waals surface area contributed by atoms with Gasteiger partial charge in [0.15, 0.2) is 0 Å². The molecule has 3 heteroatoms. The number of thioether (sulfide) groups is 1. The number of amidine groups is 1. The summed E-state index contributed by atoms with van der Waals surface area (Å²) in [7, 11) is 0. The van der Waals surface area contributed by atoms with Gasteiger partial charge in [-0.1, -0.05) is 24.3 Å². The summed E-state index contributed by atoms with van der Waals surface area (Å²) in [6, 6.07) is 8.39. The zero-order chi connectivity index (χ0) is 10.4. The number of hydrogen-bond acceptors (Lipinski definition) is 2. The molecule has 0 heterocycles. The van der Waals surface area contributed by atoms with E-state index in [9.17, 15) is 0 Å². The highest BCUT2D eigenvalue weighted by atomic mass is 32.2. The van der Waals surface area contributed by atoms with Crippen LogP contribution in [0.2, 0.25) is 0 Å². The molecule has 0 saturated heterocycles. The number of hydrogen-bond donors (Lipinski definition) is 2. The monoisotopic (exact) mass is 208 g/mol. The third-order valence-electron chi connectivity index (χ3n) is 2.03. The lowest BCUT2D eigenvalue weighted by molar-refractivity contribution is 1.22. The number of nitrogens with one attached hydrogen (secondary N) is 1. The molecule has 0 aromatic heterocycles. The van der Waals surface area contributed by atoms with Crippen LogP contribution in [0.25, 0.3) is 0 Å². The second-order valence-electron chi connectivity index (χ2n) is 3.25. The quantitative estimate of drug-likeness (QED) is 0.444. The van der Waals surface area contributed by atoms with Gasteiger partial charge < -0.3 is 5.73 Å². The van der Waals surface area contributed by atoms with E-state index in [1.807, 2.05) is 11.8 Å². The molecular weight excluding hydrogens is 192 g/mol. The van der Waals surface area contributed by atoms with E-state index in [2.05, 4.69) is 31.2 Å². The Kier molecular flexibility index (Phi) is 4.53. The van der Waals surface area contributed by atoms with E-state index < -0.39 is 0 Å². The summed E-state index contributed by atoms with van der Waals surface area (Å²) in [5.41, 5.74) is 7.98. The second kappa shape index (κ2) is 5.70. The summed E-state index contributed by atoms with van der Waals surface area (Å²) in [6.07, 6.45) is 0.691. The Hall–Kier alpha value is -0.960. The average molecular weight is 208 g/mol. The van der Waals surface area contributed by atoms with Gasteiger partial charge in [0.25, 0.3) is 0 Å². The Morgan fingerprint density at radius 1 is 1.43 bits per heavy atom. The topological polar surface area (TPSA) is 49.9 Å². The van der Waals surface area contributed by atoms with Crippen molar-refractivity contribution >= 4 is 17.6 Å². The van der Waals surface area contributed by atoms with Gasteiger partial charge in [-0.15, -0.1) is 0 Å². The molecule has 3 N–H and O–H groups in total. The van der Waals surface area contributed by atoms with Crippen LogP contribution in [0.15, 0.2) is 24.3 Å². The fourth-order valence-corrected chi connectivity index (χ4v) is 2.19. The van der Waals surface area contributed by atoms with Crippen LogP contribution in [0.1, 0.15) is 17.5 Å². The highest BCUT2D eigenvalue weighted by Crippen LogP contribution is 2.16. The van der Waals surface area contributed by atoms with Crippen LogP contribution in [0, 0.1) is 12.3 Å². The van der Waals surface area contributed by atoms with E-state index in [4.69, 9.17) is 11.1 Å². The van der Waals surface area contributed by atoms with Crippen molar-refractivity contribution in [3.63, 3.8) is 0 Å². The van der Waals surface area contributed by atoms with E-state index >= 15 is 0 Å². The predicted molar refractivity (Wildman–Crippen MR) is 63.9 cm³/mol. The molecule has 0 unspecified atom stereocenters. The lowest BCUT2D eigenvalue weighted by Crippen LogP contribution is -2.09. The summed E-state index contributed by atoms with van der Waals surface area (Å²) >= 11 is 1.83. The maximum absolute atomic E-state index is 7.08. The number of rotatable bonds is 5. The van der Waals surface area contributed by atoms with Gasteiger partial charge in [-0.2, -0.15) is 11.8 Å². The molecule has 14 heavy (non-hydrogen) atoms. The summed E-state index contributed by atoms with van der Waals surface area (Å²) in [6.45, 7) is 2.13. The zero-order valence-electron chi connectivity index (χ0n) is 8.42. The molecule has 2 nitrogen and oxygen atoms in total. The molecule has 0 aliphatic heterocycles. The zero-order valence-corrected chi connectivity index (χ0v) is 9.23. The van der Waals surface area contributed by atoms with Crippen molar-refractivity contribution in [2.45, 2.75) is 19.1 Å². The largest absolute Gasteiger partial charge is 0.388 e. The predicted octanol–water partition coefficient (Wildman–Crippen LogP) is 2.55. The highest BCUT2D eigenvalue weighted by Gasteiger charge is 1.97. The van der Waals surface area contributed by atoms with Gasteiger partial charge in [-0.05, 0) is 18.1 Å². The molecule has 0 amide bonds. The molecule has 0 bridgehead atoms. The van der Waals surface area contributed by atoms with Crippen LogP contribution in [0.3, 0.4) is 0 Å². The minimum absolute atomic E-state index is 0.280. The standard InChI is InChI=1S/C11H16N2S/c1-9-4-2-3-5-10(9)8-14-7-6-11(12)13/h2-5H,6-8H2,1H3,(H3,12,13). The van der Waals surface area contributed by atoms with Crippen LogP contribution in [0.5, 0.6) is 0 Å².